The van der Waals surface area contributed by atoms with E-state index in [0.29, 0.717) is 31.7 Å². The Balaban J connectivity index is 1.44. The number of rotatable bonds is 5. The van der Waals surface area contributed by atoms with E-state index in [1.54, 1.807) is 0 Å². The molecule has 7 nitrogen and oxygen atoms in total. The number of likely N-dealkylation sites (tertiary alicyclic amines) is 1. The number of nitrogens with zero attached hydrogens (tertiary/aromatic N) is 2. The summed E-state index contributed by atoms with van der Waals surface area (Å²) in [5, 5.41) is 13.4. The van der Waals surface area contributed by atoms with E-state index in [-0.39, 0.29) is 11.8 Å². The predicted molar refractivity (Wildman–Crippen MR) is 96.3 cm³/mol. The molecule has 136 valence electrons. The number of benzene rings is 1. The summed E-state index contributed by atoms with van der Waals surface area (Å²) in [7, 11) is 0. The summed E-state index contributed by atoms with van der Waals surface area (Å²) in [4.78, 5) is 26.3. The first-order valence-electron chi connectivity index (χ1n) is 9.12. The normalized spacial score (nSPS) is 16.6. The van der Waals surface area contributed by atoms with Gasteiger partial charge < -0.3 is 15.5 Å². The van der Waals surface area contributed by atoms with Crippen molar-refractivity contribution in [2.45, 2.75) is 38.9 Å². The molecule has 26 heavy (non-hydrogen) atoms. The van der Waals surface area contributed by atoms with Gasteiger partial charge in [-0.1, -0.05) is 24.3 Å². The van der Waals surface area contributed by atoms with Crippen LogP contribution in [-0.2, 0) is 30.8 Å². The zero-order chi connectivity index (χ0) is 17.9. The van der Waals surface area contributed by atoms with Gasteiger partial charge in [0.1, 0.15) is 0 Å². The molecule has 2 aromatic rings. The number of carbonyl (C=O) groups excluding carboxylic acids is 2. The van der Waals surface area contributed by atoms with Crippen molar-refractivity contribution in [1.29, 1.82) is 0 Å². The number of nitrogens with one attached hydrogen (secondary N) is 3. The van der Waals surface area contributed by atoms with Crippen molar-refractivity contribution >= 4 is 11.8 Å². The fourth-order valence-corrected chi connectivity index (χ4v) is 3.63. The van der Waals surface area contributed by atoms with Gasteiger partial charge in [0.25, 0.3) is 5.91 Å². The first-order valence-corrected chi connectivity index (χ1v) is 9.12. The Morgan fingerprint density at radius 2 is 2.08 bits per heavy atom. The molecule has 0 bridgehead atoms. The molecule has 1 aromatic heterocycles. The number of hydrogen-bond donors (Lipinski definition) is 3. The molecule has 2 amide bonds. The number of H-pyrrole nitrogens is 1. The molecule has 2 aliphatic heterocycles. The van der Waals surface area contributed by atoms with E-state index >= 15 is 0 Å². The minimum Gasteiger partial charge on any atom is -0.347 e. The summed E-state index contributed by atoms with van der Waals surface area (Å²) in [6.45, 7) is 3.41. The smallest absolute Gasteiger partial charge is 0.272 e. The van der Waals surface area contributed by atoms with E-state index in [0.717, 1.165) is 48.3 Å². The number of aromatic nitrogens is 2. The Kier molecular flexibility index (Phi) is 4.71. The number of carbonyl (C=O) groups is 2. The average Bonchev–Trinajstić information content (AvgIpc) is 3.27. The first-order chi connectivity index (χ1) is 12.7. The quantitative estimate of drug-likeness (QED) is 0.751. The number of hydrogen-bond acceptors (Lipinski definition) is 4. The van der Waals surface area contributed by atoms with Crippen LogP contribution in [0.1, 0.15) is 45.7 Å². The Hall–Kier alpha value is -2.67. The monoisotopic (exact) mass is 353 g/mol. The Labute approximate surface area is 152 Å². The molecule has 0 aliphatic carbocycles. The minimum atomic E-state index is -0.168. The second-order valence-corrected chi connectivity index (χ2v) is 6.83. The summed E-state index contributed by atoms with van der Waals surface area (Å²) < 4.78 is 0. The highest BCUT2D eigenvalue weighted by Gasteiger charge is 2.23. The zero-order valence-electron chi connectivity index (χ0n) is 14.7. The van der Waals surface area contributed by atoms with Gasteiger partial charge in [-0.2, -0.15) is 5.10 Å². The second-order valence-electron chi connectivity index (χ2n) is 6.83. The SMILES string of the molecule is O=C(NCc1ccccc1CN1CCCC1=O)c1n[nH]c2c1CNCC2. The maximum Gasteiger partial charge on any atom is 0.272 e. The van der Waals surface area contributed by atoms with Crippen molar-refractivity contribution in [2.75, 3.05) is 13.1 Å². The van der Waals surface area contributed by atoms with Crippen LogP contribution in [0.15, 0.2) is 24.3 Å². The van der Waals surface area contributed by atoms with Crippen molar-refractivity contribution in [1.82, 2.24) is 25.7 Å². The van der Waals surface area contributed by atoms with Crippen LogP contribution in [-0.4, -0.2) is 40.0 Å². The van der Waals surface area contributed by atoms with Crippen LogP contribution in [0.2, 0.25) is 0 Å². The maximum atomic E-state index is 12.6. The number of aromatic amines is 1. The van der Waals surface area contributed by atoms with Gasteiger partial charge in [-0.3, -0.25) is 14.7 Å². The summed E-state index contributed by atoms with van der Waals surface area (Å²) >= 11 is 0. The van der Waals surface area contributed by atoms with Crippen LogP contribution >= 0.6 is 0 Å². The van der Waals surface area contributed by atoms with Gasteiger partial charge in [0.15, 0.2) is 5.69 Å². The number of fused-ring (bicyclic) bond motifs is 1. The highest BCUT2D eigenvalue weighted by molar-refractivity contribution is 5.94. The van der Waals surface area contributed by atoms with Crippen molar-refractivity contribution in [3.63, 3.8) is 0 Å². The lowest BCUT2D eigenvalue weighted by molar-refractivity contribution is -0.128. The topological polar surface area (TPSA) is 90.1 Å². The van der Waals surface area contributed by atoms with Crippen molar-refractivity contribution < 1.29 is 9.59 Å². The molecule has 3 heterocycles. The first kappa shape index (κ1) is 16.8. The third kappa shape index (κ3) is 3.35. The van der Waals surface area contributed by atoms with Crippen LogP contribution in [0, 0.1) is 0 Å². The van der Waals surface area contributed by atoms with Crippen LogP contribution in [0.4, 0.5) is 0 Å². The summed E-state index contributed by atoms with van der Waals surface area (Å²) in [6.07, 6.45) is 2.43. The second kappa shape index (κ2) is 7.29. The van der Waals surface area contributed by atoms with E-state index in [1.165, 1.54) is 0 Å². The molecule has 0 saturated carbocycles. The van der Waals surface area contributed by atoms with Gasteiger partial charge in [-0.05, 0) is 17.5 Å². The highest BCUT2D eigenvalue weighted by Crippen LogP contribution is 2.18. The van der Waals surface area contributed by atoms with E-state index in [9.17, 15) is 9.59 Å². The molecule has 0 unspecified atom stereocenters. The lowest BCUT2D eigenvalue weighted by Crippen LogP contribution is -2.29. The van der Waals surface area contributed by atoms with Gasteiger partial charge in [0, 0.05) is 56.8 Å². The van der Waals surface area contributed by atoms with Gasteiger partial charge >= 0.3 is 0 Å². The molecule has 1 fully saturated rings. The van der Waals surface area contributed by atoms with Gasteiger partial charge in [-0.15, -0.1) is 0 Å². The fraction of sp³-hybridized carbons (Fsp3) is 0.421. The van der Waals surface area contributed by atoms with Crippen LogP contribution in [0.3, 0.4) is 0 Å². The molecule has 7 heteroatoms. The minimum absolute atomic E-state index is 0.168. The lowest BCUT2D eigenvalue weighted by Gasteiger charge is -2.18. The van der Waals surface area contributed by atoms with E-state index in [2.05, 4.69) is 20.8 Å². The molecular weight excluding hydrogens is 330 g/mol. The van der Waals surface area contributed by atoms with E-state index in [1.807, 2.05) is 29.2 Å². The van der Waals surface area contributed by atoms with Crippen molar-refractivity contribution in [2.24, 2.45) is 0 Å². The molecular formula is C19H23N5O2. The Morgan fingerprint density at radius 3 is 2.88 bits per heavy atom. The predicted octanol–water partition coefficient (Wildman–Crippen LogP) is 1.11. The average molecular weight is 353 g/mol. The molecule has 2 aliphatic rings. The molecule has 0 radical (unpaired) electrons. The summed E-state index contributed by atoms with van der Waals surface area (Å²) in [5.41, 5.74) is 4.59. The van der Waals surface area contributed by atoms with Crippen LogP contribution < -0.4 is 10.6 Å². The maximum absolute atomic E-state index is 12.6. The molecule has 1 aromatic carbocycles. The molecule has 3 N–H and O–H groups in total. The zero-order valence-corrected chi connectivity index (χ0v) is 14.7. The standard InChI is InChI=1S/C19H23N5O2/c25-17-6-3-9-24(17)12-14-5-2-1-4-13(14)10-21-19(26)18-15-11-20-8-7-16(15)22-23-18/h1-2,4-5,20H,3,6-12H2,(H,21,26)(H,22,23). The van der Waals surface area contributed by atoms with Crippen LogP contribution in [0.25, 0.3) is 0 Å². The Bertz CT molecular complexity index is 829. The summed E-state index contributed by atoms with van der Waals surface area (Å²) in [6, 6.07) is 7.94. The van der Waals surface area contributed by atoms with Gasteiger partial charge in [-0.25, -0.2) is 0 Å². The molecule has 4 rings (SSSR count). The third-order valence-electron chi connectivity index (χ3n) is 5.11. The summed E-state index contributed by atoms with van der Waals surface area (Å²) in [5.74, 6) is 0.0396. The van der Waals surface area contributed by atoms with E-state index in [4.69, 9.17) is 0 Å². The molecule has 0 spiro atoms. The highest BCUT2D eigenvalue weighted by atomic mass is 16.2. The lowest BCUT2D eigenvalue weighted by atomic mass is 10.1. The van der Waals surface area contributed by atoms with E-state index < -0.39 is 0 Å². The number of amides is 2. The van der Waals surface area contributed by atoms with Gasteiger partial charge in [0.05, 0.1) is 0 Å². The fourth-order valence-electron chi connectivity index (χ4n) is 3.63. The van der Waals surface area contributed by atoms with Gasteiger partial charge in [0.2, 0.25) is 5.91 Å². The Morgan fingerprint density at radius 1 is 1.23 bits per heavy atom. The van der Waals surface area contributed by atoms with Crippen molar-refractivity contribution in [3.8, 4) is 0 Å². The van der Waals surface area contributed by atoms with Crippen molar-refractivity contribution in [3.05, 3.63) is 52.3 Å². The van der Waals surface area contributed by atoms with Crippen LogP contribution in [0.5, 0.6) is 0 Å². The third-order valence-corrected chi connectivity index (χ3v) is 5.11. The molecule has 0 atom stereocenters. The largest absolute Gasteiger partial charge is 0.347 e. The molecule has 1 saturated heterocycles.